The average molecular weight is 348 g/mol. The molecule has 0 aromatic carbocycles. The fourth-order valence-corrected chi connectivity index (χ4v) is 3.17. The van der Waals surface area contributed by atoms with Crippen molar-refractivity contribution in [3.8, 4) is 0 Å². The van der Waals surface area contributed by atoms with E-state index in [2.05, 4.69) is 47.9 Å². The Labute approximate surface area is 115 Å². The van der Waals surface area contributed by atoms with Crippen LogP contribution >= 0.6 is 33.9 Å². The summed E-state index contributed by atoms with van der Waals surface area (Å²) in [5.41, 5.74) is 2.24. The highest BCUT2D eigenvalue weighted by atomic mass is 127. The first-order valence-corrected chi connectivity index (χ1v) is 7.13. The predicted molar refractivity (Wildman–Crippen MR) is 81.4 cm³/mol. The van der Waals surface area contributed by atoms with Crippen LogP contribution in [0.2, 0.25) is 0 Å². The van der Waals surface area contributed by atoms with Gasteiger partial charge in [-0.3, -0.25) is 0 Å². The molecule has 0 fully saturated rings. The zero-order valence-corrected chi connectivity index (χ0v) is 13.0. The predicted octanol–water partition coefficient (Wildman–Crippen LogP) is 5.28. The lowest BCUT2D eigenvalue weighted by Gasteiger charge is -2.17. The molecule has 0 amide bonds. The van der Waals surface area contributed by atoms with Crippen molar-refractivity contribution in [1.82, 2.24) is 0 Å². The van der Waals surface area contributed by atoms with E-state index in [9.17, 15) is 5.11 Å². The summed E-state index contributed by atoms with van der Waals surface area (Å²) in [6, 6.07) is 2.14. The Kier molecular flexibility index (Phi) is 4.62. The van der Waals surface area contributed by atoms with E-state index in [-0.39, 0.29) is 3.42 Å². The van der Waals surface area contributed by atoms with E-state index >= 15 is 0 Å². The summed E-state index contributed by atoms with van der Waals surface area (Å²) >= 11 is 4.11. The summed E-state index contributed by atoms with van der Waals surface area (Å²) in [5.74, 6) is 0.354. The number of allylic oxidation sites excluding steroid dienone is 3. The van der Waals surface area contributed by atoms with Gasteiger partial charge in [-0.2, -0.15) is 0 Å². The van der Waals surface area contributed by atoms with E-state index in [0.717, 1.165) is 5.57 Å². The molecule has 0 radical (unpaired) electrons. The van der Waals surface area contributed by atoms with Crippen molar-refractivity contribution in [2.24, 2.45) is 0 Å². The van der Waals surface area contributed by atoms with E-state index < -0.39 is 0 Å². The third-order valence-electron chi connectivity index (χ3n) is 2.36. The first kappa shape index (κ1) is 13.8. The van der Waals surface area contributed by atoms with Gasteiger partial charge in [-0.05, 0) is 50.8 Å². The third-order valence-corrected chi connectivity index (χ3v) is 3.97. The van der Waals surface area contributed by atoms with Gasteiger partial charge in [0.1, 0.15) is 5.76 Å². The molecule has 88 valence electrons. The van der Waals surface area contributed by atoms with Gasteiger partial charge in [-0.1, -0.05) is 28.7 Å². The second-order valence-electron chi connectivity index (χ2n) is 4.15. The van der Waals surface area contributed by atoms with Crippen molar-refractivity contribution < 1.29 is 5.11 Å². The van der Waals surface area contributed by atoms with Gasteiger partial charge in [0, 0.05) is 13.9 Å². The van der Waals surface area contributed by atoms with E-state index in [0.29, 0.717) is 5.76 Å². The van der Waals surface area contributed by atoms with Gasteiger partial charge in [-0.15, -0.1) is 11.3 Å². The minimum absolute atomic E-state index is 0.0879. The van der Waals surface area contributed by atoms with Gasteiger partial charge >= 0.3 is 0 Å². The summed E-state index contributed by atoms with van der Waals surface area (Å²) in [4.78, 5) is 1.18. The molecule has 0 atom stereocenters. The van der Waals surface area contributed by atoms with Crippen LogP contribution < -0.4 is 0 Å². The van der Waals surface area contributed by atoms with Gasteiger partial charge in [0.25, 0.3) is 0 Å². The van der Waals surface area contributed by atoms with Gasteiger partial charge in [0.15, 0.2) is 0 Å². The quantitative estimate of drug-likeness (QED) is 0.341. The minimum atomic E-state index is 0.0879. The maximum absolute atomic E-state index is 9.88. The van der Waals surface area contributed by atoms with Gasteiger partial charge in [0.05, 0.1) is 0 Å². The molecule has 0 unspecified atom stereocenters. The highest BCUT2D eigenvalue weighted by molar-refractivity contribution is 14.1. The molecule has 0 aliphatic heterocycles. The van der Waals surface area contributed by atoms with Crippen LogP contribution in [0.5, 0.6) is 0 Å². The molecule has 0 saturated carbocycles. The smallest absolute Gasteiger partial charge is 0.119 e. The molecule has 0 saturated heterocycles. The molecule has 1 aromatic heterocycles. The Morgan fingerprint density at radius 1 is 1.50 bits per heavy atom. The number of halogens is 1. The second kappa shape index (κ2) is 5.36. The topological polar surface area (TPSA) is 20.2 Å². The molecule has 16 heavy (non-hydrogen) atoms. The Morgan fingerprint density at radius 2 is 2.12 bits per heavy atom. The highest BCUT2D eigenvalue weighted by Crippen LogP contribution is 2.39. The number of rotatable bonds is 3. The normalized spacial score (nSPS) is 14.3. The molecular weight excluding hydrogens is 331 g/mol. The lowest BCUT2D eigenvalue weighted by Crippen LogP contribution is -2.07. The average Bonchev–Trinajstić information content (AvgIpc) is 2.64. The standard InChI is InChI=1S/C13H17IOS/c1-5-6-11(15)9(2)12-10(7-8-16-12)13(3,4)14/h5-8,15H,1-4H3/b6-5-,11-9-. The zero-order chi connectivity index (χ0) is 12.3. The molecule has 1 N–H and O–H groups in total. The molecule has 1 nitrogen and oxygen atoms in total. The fraction of sp³-hybridized carbons (Fsp3) is 0.385. The molecular formula is C13H17IOS. The van der Waals surface area contributed by atoms with Crippen molar-refractivity contribution >= 4 is 39.5 Å². The number of thiophene rings is 1. The fourth-order valence-electron chi connectivity index (χ4n) is 1.47. The van der Waals surface area contributed by atoms with Gasteiger partial charge in [0.2, 0.25) is 0 Å². The van der Waals surface area contributed by atoms with Crippen LogP contribution in [0, 0.1) is 0 Å². The SMILES string of the molecule is C/C=C\C(O)=C(/C)c1sccc1C(C)(C)I. The molecule has 1 heterocycles. The molecule has 1 rings (SSSR count). The van der Waals surface area contributed by atoms with Crippen LogP contribution in [0.25, 0.3) is 5.57 Å². The van der Waals surface area contributed by atoms with E-state index in [1.807, 2.05) is 19.9 Å². The van der Waals surface area contributed by atoms with Crippen LogP contribution in [0.3, 0.4) is 0 Å². The number of aliphatic hydroxyl groups is 1. The van der Waals surface area contributed by atoms with Crippen LogP contribution in [-0.2, 0) is 3.42 Å². The Bertz CT molecular complexity index is 421. The maximum atomic E-state index is 9.88. The first-order chi connectivity index (χ1) is 7.38. The summed E-state index contributed by atoms with van der Waals surface area (Å²) in [5, 5.41) is 12.0. The van der Waals surface area contributed by atoms with Crippen molar-refractivity contribution in [3.63, 3.8) is 0 Å². The second-order valence-corrected chi connectivity index (χ2v) is 7.76. The van der Waals surface area contributed by atoms with Crippen LogP contribution in [0.4, 0.5) is 0 Å². The van der Waals surface area contributed by atoms with Gasteiger partial charge in [-0.25, -0.2) is 0 Å². The number of hydrogen-bond acceptors (Lipinski definition) is 2. The van der Waals surface area contributed by atoms with Gasteiger partial charge < -0.3 is 5.11 Å². The Hall–Kier alpha value is -0.290. The Morgan fingerprint density at radius 3 is 2.62 bits per heavy atom. The van der Waals surface area contributed by atoms with Crippen molar-refractivity contribution in [2.45, 2.75) is 31.1 Å². The summed E-state index contributed by atoms with van der Waals surface area (Å²) in [6.07, 6.45) is 3.58. The summed E-state index contributed by atoms with van der Waals surface area (Å²) in [7, 11) is 0. The zero-order valence-electron chi connectivity index (χ0n) is 10.0. The monoisotopic (exact) mass is 348 g/mol. The number of alkyl halides is 1. The first-order valence-electron chi connectivity index (χ1n) is 5.17. The van der Waals surface area contributed by atoms with E-state index in [1.54, 1.807) is 17.4 Å². The van der Waals surface area contributed by atoms with Crippen LogP contribution in [-0.4, -0.2) is 5.11 Å². The van der Waals surface area contributed by atoms with E-state index in [4.69, 9.17) is 0 Å². The summed E-state index contributed by atoms with van der Waals surface area (Å²) < 4.78 is 0.0879. The molecule has 0 spiro atoms. The highest BCUT2D eigenvalue weighted by Gasteiger charge is 2.22. The van der Waals surface area contributed by atoms with Crippen molar-refractivity contribution in [1.29, 1.82) is 0 Å². The third kappa shape index (κ3) is 3.10. The van der Waals surface area contributed by atoms with Crippen LogP contribution in [0.1, 0.15) is 38.1 Å². The number of aliphatic hydroxyl groups excluding tert-OH is 1. The lowest BCUT2D eigenvalue weighted by molar-refractivity contribution is 0.434. The largest absolute Gasteiger partial charge is 0.508 e. The lowest BCUT2D eigenvalue weighted by atomic mass is 10.0. The maximum Gasteiger partial charge on any atom is 0.119 e. The molecule has 0 bridgehead atoms. The molecule has 0 aliphatic carbocycles. The molecule has 3 heteroatoms. The molecule has 1 aromatic rings. The minimum Gasteiger partial charge on any atom is -0.508 e. The van der Waals surface area contributed by atoms with Crippen LogP contribution in [0.15, 0.2) is 29.4 Å². The summed E-state index contributed by atoms with van der Waals surface area (Å²) in [6.45, 7) is 8.23. The van der Waals surface area contributed by atoms with Crippen molar-refractivity contribution in [2.75, 3.05) is 0 Å². The van der Waals surface area contributed by atoms with Crippen molar-refractivity contribution in [3.05, 3.63) is 39.8 Å². The number of hydrogen-bond donors (Lipinski definition) is 1. The van der Waals surface area contributed by atoms with E-state index in [1.165, 1.54) is 10.4 Å². The Balaban J connectivity index is 3.25. The molecule has 0 aliphatic rings.